The van der Waals surface area contributed by atoms with Gasteiger partial charge in [0.1, 0.15) is 12.2 Å². The molecule has 1 aliphatic heterocycles. The number of hydrogen-bond donors (Lipinski definition) is 1. The zero-order valence-corrected chi connectivity index (χ0v) is 12.7. The summed E-state index contributed by atoms with van der Waals surface area (Å²) in [6.45, 7) is 10.0. The van der Waals surface area contributed by atoms with Crippen molar-refractivity contribution in [2.75, 3.05) is 32.9 Å². The predicted molar refractivity (Wildman–Crippen MR) is 79.7 cm³/mol. The van der Waals surface area contributed by atoms with Crippen molar-refractivity contribution in [3.05, 3.63) is 23.8 Å². The summed E-state index contributed by atoms with van der Waals surface area (Å²) in [5.74, 6) is 1.76. The molecule has 1 N–H and O–H groups in total. The lowest BCUT2D eigenvalue weighted by Crippen LogP contribution is -2.25. The minimum absolute atomic E-state index is 0.127. The molecule has 0 amide bonds. The van der Waals surface area contributed by atoms with E-state index in [1.165, 1.54) is 5.56 Å². The average Bonchev–Trinajstić information content (AvgIpc) is 2.72. The van der Waals surface area contributed by atoms with Crippen molar-refractivity contribution in [3.63, 3.8) is 0 Å². The van der Waals surface area contributed by atoms with Gasteiger partial charge in [0.2, 0.25) is 0 Å². The van der Waals surface area contributed by atoms with Crippen molar-refractivity contribution >= 4 is 0 Å². The third-order valence-corrected chi connectivity index (χ3v) is 3.22. The molecule has 20 heavy (non-hydrogen) atoms. The van der Waals surface area contributed by atoms with E-state index >= 15 is 0 Å². The van der Waals surface area contributed by atoms with Crippen LogP contribution in [0.5, 0.6) is 11.5 Å². The molecule has 0 bridgehead atoms. The van der Waals surface area contributed by atoms with Crippen molar-refractivity contribution in [1.29, 1.82) is 0 Å². The third-order valence-electron chi connectivity index (χ3n) is 3.22. The second-order valence-corrected chi connectivity index (χ2v) is 5.58. The largest absolute Gasteiger partial charge is 0.488 e. The van der Waals surface area contributed by atoms with Crippen molar-refractivity contribution in [2.45, 2.75) is 32.8 Å². The fraction of sp³-hybridized carbons (Fsp3) is 0.625. The van der Waals surface area contributed by atoms with E-state index in [2.05, 4.69) is 25.2 Å². The van der Waals surface area contributed by atoms with Gasteiger partial charge in [-0.15, -0.1) is 0 Å². The summed E-state index contributed by atoms with van der Waals surface area (Å²) < 4.78 is 17.0. The molecule has 0 aliphatic carbocycles. The Labute approximate surface area is 121 Å². The lowest BCUT2D eigenvalue weighted by molar-refractivity contribution is 0.131. The molecule has 0 spiro atoms. The Morgan fingerprint density at radius 1 is 1.25 bits per heavy atom. The van der Waals surface area contributed by atoms with Gasteiger partial charge < -0.3 is 19.5 Å². The Morgan fingerprint density at radius 3 is 2.85 bits per heavy atom. The highest BCUT2D eigenvalue weighted by atomic mass is 16.5. The highest BCUT2D eigenvalue weighted by Gasteiger charge is 2.32. The van der Waals surface area contributed by atoms with Crippen LogP contribution < -0.4 is 14.8 Å². The van der Waals surface area contributed by atoms with Gasteiger partial charge in [0.15, 0.2) is 11.5 Å². The van der Waals surface area contributed by atoms with Crippen LogP contribution in [0.3, 0.4) is 0 Å². The molecule has 4 heteroatoms. The fourth-order valence-corrected chi connectivity index (χ4v) is 2.35. The molecule has 0 unspecified atom stereocenters. The van der Waals surface area contributed by atoms with Gasteiger partial charge in [-0.2, -0.15) is 0 Å². The van der Waals surface area contributed by atoms with E-state index in [1.807, 2.05) is 19.1 Å². The molecular weight excluding hydrogens is 254 g/mol. The van der Waals surface area contributed by atoms with E-state index in [-0.39, 0.29) is 5.60 Å². The standard InChI is InChI=1S/C16H25NO3/c1-4-18-10-8-17-9-11-19-14-7-5-6-13-12-16(2,3)20-15(13)14/h5-7,17H,4,8-12H2,1-3H3. The summed E-state index contributed by atoms with van der Waals surface area (Å²) >= 11 is 0. The smallest absolute Gasteiger partial charge is 0.165 e. The molecule has 0 radical (unpaired) electrons. The van der Waals surface area contributed by atoms with Crippen LogP contribution in [0.2, 0.25) is 0 Å². The second kappa shape index (κ2) is 6.95. The van der Waals surface area contributed by atoms with E-state index in [1.54, 1.807) is 0 Å². The molecule has 4 nitrogen and oxygen atoms in total. The van der Waals surface area contributed by atoms with Crippen LogP contribution in [-0.4, -0.2) is 38.5 Å². The molecule has 0 fully saturated rings. The Hall–Kier alpha value is -1.26. The third kappa shape index (κ3) is 4.12. The molecule has 1 aromatic rings. The van der Waals surface area contributed by atoms with Crippen LogP contribution in [-0.2, 0) is 11.2 Å². The maximum Gasteiger partial charge on any atom is 0.165 e. The molecule has 1 aliphatic rings. The van der Waals surface area contributed by atoms with Crippen LogP contribution in [0, 0.1) is 0 Å². The van der Waals surface area contributed by atoms with Crippen LogP contribution in [0.1, 0.15) is 26.3 Å². The minimum Gasteiger partial charge on any atom is -0.488 e. The van der Waals surface area contributed by atoms with E-state index in [0.29, 0.717) is 6.61 Å². The van der Waals surface area contributed by atoms with Crippen LogP contribution >= 0.6 is 0 Å². The van der Waals surface area contributed by atoms with Crippen LogP contribution in [0.4, 0.5) is 0 Å². The summed E-state index contributed by atoms with van der Waals surface area (Å²) in [7, 11) is 0. The van der Waals surface area contributed by atoms with Crippen LogP contribution in [0.25, 0.3) is 0 Å². The highest BCUT2D eigenvalue weighted by molar-refractivity contribution is 5.50. The summed E-state index contributed by atoms with van der Waals surface area (Å²) in [5, 5.41) is 3.28. The molecular formula is C16H25NO3. The van der Waals surface area contributed by atoms with E-state index in [9.17, 15) is 0 Å². The van der Waals surface area contributed by atoms with Crippen molar-refractivity contribution in [1.82, 2.24) is 5.32 Å². The van der Waals surface area contributed by atoms with Crippen molar-refractivity contribution < 1.29 is 14.2 Å². The number of hydrogen-bond acceptors (Lipinski definition) is 4. The number of nitrogens with one attached hydrogen (secondary N) is 1. The van der Waals surface area contributed by atoms with Gasteiger partial charge in [0.25, 0.3) is 0 Å². The number of rotatable bonds is 8. The summed E-state index contributed by atoms with van der Waals surface area (Å²) in [6.07, 6.45) is 0.937. The Balaban J connectivity index is 1.76. The lowest BCUT2D eigenvalue weighted by atomic mass is 10.0. The van der Waals surface area contributed by atoms with Gasteiger partial charge >= 0.3 is 0 Å². The maximum absolute atomic E-state index is 5.97. The van der Waals surface area contributed by atoms with Gasteiger partial charge in [-0.3, -0.25) is 0 Å². The Kier molecular flexibility index (Phi) is 5.26. The quantitative estimate of drug-likeness (QED) is 0.742. The molecule has 1 heterocycles. The highest BCUT2D eigenvalue weighted by Crippen LogP contribution is 2.41. The minimum atomic E-state index is -0.127. The number of fused-ring (bicyclic) bond motifs is 1. The molecule has 0 saturated carbocycles. The molecule has 0 atom stereocenters. The van der Waals surface area contributed by atoms with E-state index < -0.39 is 0 Å². The summed E-state index contributed by atoms with van der Waals surface area (Å²) in [5.41, 5.74) is 1.11. The topological polar surface area (TPSA) is 39.7 Å². The Morgan fingerprint density at radius 2 is 2.05 bits per heavy atom. The summed E-state index contributed by atoms with van der Waals surface area (Å²) in [4.78, 5) is 0. The first-order valence-electron chi connectivity index (χ1n) is 7.34. The molecule has 1 aromatic carbocycles. The molecule has 2 rings (SSSR count). The Bertz CT molecular complexity index is 432. The monoisotopic (exact) mass is 279 g/mol. The van der Waals surface area contributed by atoms with Gasteiger partial charge in [-0.05, 0) is 26.8 Å². The second-order valence-electron chi connectivity index (χ2n) is 5.58. The van der Waals surface area contributed by atoms with E-state index in [4.69, 9.17) is 14.2 Å². The van der Waals surface area contributed by atoms with Crippen molar-refractivity contribution in [3.8, 4) is 11.5 Å². The SMILES string of the molecule is CCOCCNCCOc1cccc2c1OC(C)(C)C2. The first kappa shape index (κ1) is 15.1. The van der Waals surface area contributed by atoms with E-state index in [0.717, 1.165) is 44.2 Å². The zero-order valence-electron chi connectivity index (χ0n) is 12.7. The van der Waals surface area contributed by atoms with Crippen LogP contribution in [0.15, 0.2) is 18.2 Å². The fourth-order valence-electron chi connectivity index (χ4n) is 2.35. The summed E-state index contributed by atoms with van der Waals surface area (Å²) in [6, 6.07) is 6.11. The number of ether oxygens (including phenoxy) is 3. The first-order valence-corrected chi connectivity index (χ1v) is 7.34. The normalized spacial score (nSPS) is 15.8. The maximum atomic E-state index is 5.97. The number of benzene rings is 1. The van der Waals surface area contributed by atoms with Crippen molar-refractivity contribution in [2.24, 2.45) is 0 Å². The van der Waals surface area contributed by atoms with Gasteiger partial charge in [-0.25, -0.2) is 0 Å². The van der Waals surface area contributed by atoms with Gasteiger partial charge in [0, 0.05) is 31.7 Å². The predicted octanol–water partition coefficient (Wildman–Crippen LogP) is 2.41. The number of para-hydroxylation sites is 1. The van der Waals surface area contributed by atoms with Gasteiger partial charge in [0.05, 0.1) is 6.61 Å². The molecule has 0 aromatic heterocycles. The first-order chi connectivity index (χ1) is 9.62. The molecule has 112 valence electrons. The lowest BCUT2D eigenvalue weighted by Gasteiger charge is -2.18. The van der Waals surface area contributed by atoms with Gasteiger partial charge in [-0.1, -0.05) is 12.1 Å². The molecule has 0 saturated heterocycles. The average molecular weight is 279 g/mol. The zero-order chi connectivity index (χ0) is 14.4.